The molecule has 0 amide bonds. The number of H-pyrrole nitrogens is 1. The van der Waals surface area contributed by atoms with Gasteiger partial charge in [0.15, 0.2) is 5.78 Å². The molecule has 1 heterocycles. The molecule has 2 aromatic rings. The largest absolute Gasteiger partial charge is 0.490 e. The zero-order valence-electron chi connectivity index (χ0n) is 12.7. The number of fused-ring (bicyclic) bond motifs is 1. The molecule has 0 aliphatic heterocycles. The second-order valence-electron chi connectivity index (χ2n) is 5.90. The molecule has 20 heavy (non-hydrogen) atoms. The van der Waals surface area contributed by atoms with Crippen LogP contribution in [0.25, 0.3) is 10.9 Å². The van der Waals surface area contributed by atoms with Gasteiger partial charge < -0.3 is 9.72 Å². The van der Waals surface area contributed by atoms with Crippen molar-refractivity contribution >= 4 is 16.7 Å². The topological polar surface area (TPSA) is 42.1 Å². The average Bonchev–Trinajstić information content (AvgIpc) is 2.80. The van der Waals surface area contributed by atoms with Gasteiger partial charge in [0, 0.05) is 23.7 Å². The second-order valence-corrected chi connectivity index (χ2v) is 5.90. The molecule has 0 fully saturated rings. The van der Waals surface area contributed by atoms with E-state index in [9.17, 15) is 4.79 Å². The minimum atomic E-state index is 0.0918. The van der Waals surface area contributed by atoms with Crippen molar-refractivity contribution in [2.75, 3.05) is 0 Å². The highest BCUT2D eigenvalue weighted by atomic mass is 16.5. The number of carbonyl (C=O) groups excluding carboxylic acids is 1. The van der Waals surface area contributed by atoms with Crippen LogP contribution in [0.4, 0.5) is 0 Å². The quantitative estimate of drug-likeness (QED) is 0.783. The zero-order valence-corrected chi connectivity index (χ0v) is 12.7. The van der Waals surface area contributed by atoms with Gasteiger partial charge in [-0.3, -0.25) is 4.79 Å². The lowest BCUT2D eigenvalue weighted by molar-refractivity contribution is 0.0976. The Balaban J connectivity index is 2.36. The first-order valence-electron chi connectivity index (χ1n) is 7.29. The Hall–Kier alpha value is -1.77. The fourth-order valence-electron chi connectivity index (χ4n) is 2.28. The van der Waals surface area contributed by atoms with Gasteiger partial charge in [-0.05, 0) is 38.3 Å². The smallest absolute Gasteiger partial charge is 0.165 e. The van der Waals surface area contributed by atoms with Crippen molar-refractivity contribution < 1.29 is 9.53 Å². The summed E-state index contributed by atoms with van der Waals surface area (Å²) in [6, 6.07) is 5.84. The van der Waals surface area contributed by atoms with E-state index < -0.39 is 0 Å². The van der Waals surface area contributed by atoms with Gasteiger partial charge in [0.2, 0.25) is 0 Å². The van der Waals surface area contributed by atoms with Gasteiger partial charge in [-0.2, -0.15) is 0 Å². The van der Waals surface area contributed by atoms with E-state index in [4.69, 9.17) is 4.74 Å². The van der Waals surface area contributed by atoms with E-state index in [-0.39, 0.29) is 11.9 Å². The zero-order chi connectivity index (χ0) is 14.7. The number of ketones is 1. The van der Waals surface area contributed by atoms with Crippen LogP contribution in [0.5, 0.6) is 5.75 Å². The molecular formula is C17H23NO2. The fourth-order valence-corrected chi connectivity index (χ4v) is 2.28. The molecule has 1 N–H and O–H groups in total. The van der Waals surface area contributed by atoms with Crippen LogP contribution in [0, 0.1) is 5.92 Å². The van der Waals surface area contributed by atoms with Crippen LogP contribution < -0.4 is 4.74 Å². The lowest BCUT2D eigenvalue weighted by Gasteiger charge is -2.12. The predicted molar refractivity (Wildman–Crippen MR) is 82.5 cm³/mol. The molecule has 2 rings (SSSR count). The second kappa shape index (κ2) is 6.12. The third kappa shape index (κ3) is 3.21. The van der Waals surface area contributed by atoms with E-state index in [0.29, 0.717) is 12.3 Å². The van der Waals surface area contributed by atoms with E-state index in [0.717, 1.165) is 28.6 Å². The maximum Gasteiger partial charge on any atom is 0.165 e. The standard InChI is InChI=1S/C17H23NO2/c1-11(2)8-9-15(19)13-10-18-14-6-5-7-16(17(13)14)20-12(3)4/h5-7,10-12,18H,8-9H2,1-4H3. The summed E-state index contributed by atoms with van der Waals surface area (Å²) in [5.74, 6) is 1.51. The first kappa shape index (κ1) is 14.6. The van der Waals surface area contributed by atoms with Crippen molar-refractivity contribution in [1.82, 2.24) is 4.98 Å². The van der Waals surface area contributed by atoms with Crippen molar-refractivity contribution in [2.24, 2.45) is 5.92 Å². The number of hydrogen-bond acceptors (Lipinski definition) is 2. The van der Waals surface area contributed by atoms with Crippen molar-refractivity contribution in [3.63, 3.8) is 0 Å². The summed E-state index contributed by atoms with van der Waals surface area (Å²) in [5.41, 5.74) is 1.70. The van der Waals surface area contributed by atoms with Gasteiger partial charge >= 0.3 is 0 Å². The number of ether oxygens (including phenoxy) is 1. The fraction of sp³-hybridized carbons (Fsp3) is 0.471. The van der Waals surface area contributed by atoms with Crippen molar-refractivity contribution in [3.8, 4) is 5.75 Å². The summed E-state index contributed by atoms with van der Waals surface area (Å²) in [6.07, 6.45) is 3.40. The Morgan fingerprint density at radius 2 is 2.00 bits per heavy atom. The highest BCUT2D eigenvalue weighted by molar-refractivity contribution is 6.09. The molecule has 0 unspecified atom stereocenters. The van der Waals surface area contributed by atoms with E-state index in [1.54, 1.807) is 6.20 Å². The van der Waals surface area contributed by atoms with Crippen molar-refractivity contribution in [2.45, 2.75) is 46.6 Å². The lowest BCUT2D eigenvalue weighted by Crippen LogP contribution is -2.07. The van der Waals surface area contributed by atoms with Gasteiger partial charge in [-0.15, -0.1) is 0 Å². The van der Waals surface area contributed by atoms with Crippen LogP contribution in [0.1, 0.15) is 50.9 Å². The van der Waals surface area contributed by atoms with E-state index in [1.807, 2.05) is 32.0 Å². The van der Waals surface area contributed by atoms with Crippen molar-refractivity contribution in [1.29, 1.82) is 0 Å². The van der Waals surface area contributed by atoms with Gasteiger partial charge in [0.05, 0.1) is 11.5 Å². The third-order valence-corrected chi connectivity index (χ3v) is 3.28. The number of aromatic nitrogens is 1. The molecule has 3 heteroatoms. The Morgan fingerprint density at radius 1 is 1.25 bits per heavy atom. The van der Waals surface area contributed by atoms with Gasteiger partial charge in [0.25, 0.3) is 0 Å². The summed E-state index contributed by atoms with van der Waals surface area (Å²) in [5, 5.41) is 0.912. The van der Waals surface area contributed by atoms with Crippen LogP contribution in [0.15, 0.2) is 24.4 Å². The number of benzene rings is 1. The monoisotopic (exact) mass is 273 g/mol. The normalized spacial score (nSPS) is 11.5. The first-order chi connectivity index (χ1) is 9.49. The van der Waals surface area contributed by atoms with Crippen LogP contribution in [0.2, 0.25) is 0 Å². The van der Waals surface area contributed by atoms with E-state index in [1.165, 1.54) is 0 Å². The summed E-state index contributed by atoms with van der Waals surface area (Å²) >= 11 is 0. The average molecular weight is 273 g/mol. The Kier molecular flexibility index (Phi) is 4.48. The molecule has 1 aromatic carbocycles. The summed E-state index contributed by atoms with van der Waals surface area (Å²) in [6.45, 7) is 8.25. The van der Waals surface area contributed by atoms with Crippen LogP contribution >= 0.6 is 0 Å². The number of Topliss-reactive ketones (excluding diaryl/α,β-unsaturated/α-hetero) is 1. The molecule has 0 atom stereocenters. The minimum absolute atomic E-state index is 0.0918. The maximum atomic E-state index is 12.4. The maximum absolute atomic E-state index is 12.4. The Bertz CT molecular complexity index is 596. The highest BCUT2D eigenvalue weighted by Gasteiger charge is 2.16. The summed E-state index contributed by atoms with van der Waals surface area (Å²) < 4.78 is 5.83. The summed E-state index contributed by atoms with van der Waals surface area (Å²) in [4.78, 5) is 15.6. The SMILES string of the molecule is CC(C)CCC(=O)c1c[nH]c2cccc(OC(C)C)c12. The molecule has 108 valence electrons. The molecule has 0 aliphatic carbocycles. The van der Waals surface area contributed by atoms with Gasteiger partial charge in [-0.1, -0.05) is 19.9 Å². The van der Waals surface area contributed by atoms with Crippen LogP contribution in [0.3, 0.4) is 0 Å². The van der Waals surface area contributed by atoms with E-state index in [2.05, 4.69) is 18.8 Å². The molecule has 0 spiro atoms. The first-order valence-corrected chi connectivity index (χ1v) is 7.29. The van der Waals surface area contributed by atoms with Crippen molar-refractivity contribution in [3.05, 3.63) is 30.0 Å². The number of aromatic amines is 1. The number of nitrogens with one attached hydrogen (secondary N) is 1. The summed E-state index contributed by atoms with van der Waals surface area (Å²) in [7, 11) is 0. The number of rotatable bonds is 6. The molecule has 0 saturated carbocycles. The van der Waals surface area contributed by atoms with Crippen LogP contribution in [-0.2, 0) is 0 Å². The van der Waals surface area contributed by atoms with E-state index >= 15 is 0 Å². The minimum Gasteiger partial charge on any atom is -0.490 e. The third-order valence-electron chi connectivity index (χ3n) is 3.28. The Labute approximate surface area is 120 Å². The molecule has 0 saturated heterocycles. The van der Waals surface area contributed by atoms with Gasteiger partial charge in [-0.25, -0.2) is 0 Å². The van der Waals surface area contributed by atoms with Crippen LogP contribution in [-0.4, -0.2) is 16.9 Å². The number of hydrogen-bond donors (Lipinski definition) is 1. The number of carbonyl (C=O) groups is 1. The molecule has 0 bridgehead atoms. The highest BCUT2D eigenvalue weighted by Crippen LogP contribution is 2.30. The lowest BCUT2D eigenvalue weighted by atomic mass is 10.0. The molecular weight excluding hydrogens is 250 g/mol. The molecule has 3 nitrogen and oxygen atoms in total. The Morgan fingerprint density at radius 3 is 2.65 bits per heavy atom. The molecule has 0 radical (unpaired) electrons. The molecule has 1 aromatic heterocycles. The molecule has 0 aliphatic rings. The van der Waals surface area contributed by atoms with Gasteiger partial charge in [0.1, 0.15) is 5.75 Å². The predicted octanol–water partition coefficient (Wildman–Crippen LogP) is 4.57.